The average molecular weight is 432 g/mol. The molecule has 0 unspecified atom stereocenters. The van der Waals surface area contributed by atoms with Crippen LogP contribution in [0.15, 0.2) is 0 Å². The van der Waals surface area contributed by atoms with Gasteiger partial charge in [0, 0.05) is 0 Å². The van der Waals surface area contributed by atoms with E-state index in [2.05, 4.69) is 0 Å². The molecule has 0 aliphatic carbocycles. The summed E-state index contributed by atoms with van der Waals surface area (Å²) in [5.41, 5.74) is -3.65. The first-order valence-corrected chi connectivity index (χ1v) is 7.22. The van der Waals surface area contributed by atoms with Crippen molar-refractivity contribution in [2.45, 2.75) is 0 Å². The van der Waals surface area contributed by atoms with Crippen molar-refractivity contribution in [2.24, 2.45) is 0 Å². The number of fused-ring (bicyclic) bond motifs is 1. The number of rotatable bonds is 2. The van der Waals surface area contributed by atoms with E-state index in [1.165, 1.54) is 0 Å². The second-order valence-corrected chi connectivity index (χ2v) is 5.65. The predicted molar refractivity (Wildman–Crippen MR) is 76.3 cm³/mol. The summed E-state index contributed by atoms with van der Waals surface area (Å²) < 4.78 is 164. The highest BCUT2D eigenvalue weighted by Gasteiger charge is 2.33. The summed E-state index contributed by atoms with van der Waals surface area (Å²) >= 11 is 0. The summed E-state index contributed by atoms with van der Waals surface area (Å²) in [4.78, 5) is 0. The van der Waals surface area contributed by atoms with Crippen LogP contribution in [0.1, 0.15) is 0 Å². The molecule has 3 aromatic carbocycles. The van der Waals surface area contributed by atoms with Crippen LogP contribution in [-0.2, 0) is 0 Å². The highest BCUT2D eigenvalue weighted by Crippen LogP contribution is 2.31. The summed E-state index contributed by atoms with van der Waals surface area (Å²) in [7, 11) is -1.86. The molecular formula is C16HBF12. The van der Waals surface area contributed by atoms with Crippen molar-refractivity contribution in [3.05, 3.63) is 69.8 Å². The first kappa shape index (κ1) is 20.9. The minimum Gasteiger partial charge on any atom is -0.207 e. The molecule has 0 bridgehead atoms. The van der Waals surface area contributed by atoms with Gasteiger partial charge in [0.05, 0.1) is 10.8 Å². The number of hydrogen-bond donors (Lipinski definition) is 0. The molecule has 0 amide bonds. The van der Waals surface area contributed by atoms with E-state index in [1.54, 1.807) is 0 Å². The fourth-order valence-electron chi connectivity index (χ4n) is 2.67. The van der Waals surface area contributed by atoms with Gasteiger partial charge in [0.2, 0.25) is 7.28 Å². The van der Waals surface area contributed by atoms with Gasteiger partial charge in [-0.2, -0.15) is 0 Å². The maximum Gasteiger partial charge on any atom is 0.208 e. The fourth-order valence-corrected chi connectivity index (χ4v) is 2.67. The molecule has 152 valence electrons. The van der Waals surface area contributed by atoms with Crippen molar-refractivity contribution >= 4 is 29.0 Å². The zero-order chi connectivity index (χ0) is 21.9. The molecule has 0 radical (unpaired) electrons. The standard InChI is InChI=1S/C16HBF12/c18-5-1-2(8(21)13(26)12(25)7(1)20)6(19)9(22)3(5)17-4-10(23)14(27)16(29)15(28)11(4)24/h17H. The van der Waals surface area contributed by atoms with Crippen molar-refractivity contribution in [1.29, 1.82) is 0 Å². The molecule has 0 aromatic heterocycles. The lowest BCUT2D eigenvalue weighted by Crippen LogP contribution is -2.39. The van der Waals surface area contributed by atoms with E-state index in [0.29, 0.717) is 0 Å². The minimum atomic E-state index is -2.61. The van der Waals surface area contributed by atoms with Crippen LogP contribution in [-0.4, -0.2) is 7.28 Å². The van der Waals surface area contributed by atoms with E-state index < -0.39 is 98.8 Å². The third-order valence-corrected chi connectivity index (χ3v) is 4.08. The van der Waals surface area contributed by atoms with Crippen LogP contribution in [0.25, 0.3) is 10.8 Å². The topological polar surface area (TPSA) is 0 Å². The fraction of sp³-hybridized carbons (Fsp3) is 0. The van der Waals surface area contributed by atoms with Gasteiger partial charge in [0.1, 0.15) is 5.82 Å². The van der Waals surface area contributed by atoms with E-state index in [0.717, 1.165) is 0 Å². The Hall–Kier alpha value is -2.86. The van der Waals surface area contributed by atoms with Crippen LogP contribution in [0.2, 0.25) is 0 Å². The number of benzene rings is 3. The molecule has 0 aliphatic rings. The summed E-state index contributed by atoms with van der Waals surface area (Å²) in [5, 5.41) is -3.95. The van der Waals surface area contributed by atoms with Crippen molar-refractivity contribution in [2.75, 3.05) is 0 Å². The molecule has 3 rings (SSSR count). The Bertz CT molecular complexity index is 1170. The van der Waals surface area contributed by atoms with E-state index in [-0.39, 0.29) is 0 Å². The summed E-state index contributed by atoms with van der Waals surface area (Å²) in [6, 6.07) is 0. The molecule has 13 heteroatoms. The minimum absolute atomic E-state index is 1.82. The molecule has 0 saturated heterocycles. The highest BCUT2D eigenvalue weighted by atomic mass is 19.2. The van der Waals surface area contributed by atoms with Gasteiger partial charge < -0.3 is 0 Å². The Labute approximate surface area is 152 Å². The normalized spacial score (nSPS) is 11.4. The Morgan fingerprint density at radius 3 is 0.966 bits per heavy atom. The van der Waals surface area contributed by atoms with Gasteiger partial charge in [0.25, 0.3) is 0 Å². The molecule has 0 heterocycles. The van der Waals surface area contributed by atoms with E-state index in [4.69, 9.17) is 0 Å². The van der Waals surface area contributed by atoms with Crippen molar-refractivity contribution in [3.63, 3.8) is 0 Å². The van der Waals surface area contributed by atoms with Crippen LogP contribution in [0, 0.1) is 69.8 Å². The smallest absolute Gasteiger partial charge is 0.207 e. The molecule has 0 N–H and O–H groups in total. The predicted octanol–water partition coefficient (Wildman–Crippen LogP) is 3.90. The van der Waals surface area contributed by atoms with Gasteiger partial charge in [-0.1, -0.05) is 0 Å². The lowest BCUT2D eigenvalue weighted by molar-refractivity contribution is 0.384. The van der Waals surface area contributed by atoms with Crippen LogP contribution >= 0.6 is 0 Å². The SMILES string of the molecule is Fc1c(F)c(F)c(Bc2c(F)c(F)c3c(F)c(F)c(F)c(F)c3c2F)c(F)c1F. The van der Waals surface area contributed by atoms with Gasteiger partial charge in [-0.05, 0) is 10.9 Å². The lowest BCUT2D eigenvalue weighted by atomic mass is 9.62. The Kier molecular flexibility index (Phi) is 4.95. The summed E-state index contributed by atoms with van der Waals surface area (Å²) in [5.74, 6) is -30.1. The van der Waals surface area contributed by atoms with Crippen molar-refractivity contribution in [1.82, 2.24) is 0 Å². The zero-order valence-corrected chi connectivity index (χ0v) is 13.2. The molecule has 0 nitrogen and oxygen atoms in total. The van der Waals surface area contributed by atoms with Gasteiger partial charge >= 0.3 is 0 Å². The Morgan fingerprint density at radius 1 is 0.276 bits per heavy atom. The summed E-state index contributed by atoms with van der Waals surface area (Å²) in [6.07, 6.45) is 0. The first-order valence-electron chi connectivity index (χ1n) is 7.22. The first-order chi connectivity index (χ1) is 13.4. The third-order valence-electron chi connectivity index (χ3n) is 4.08. The van der Waals surface area contributed by atoms with Crippen LogP contribution in [0.3, 0.4) is 0 Å². The number of halogens is 12. The molecular weight excluding hydrogens is 431 g/mol. The number of hydrogen-bond acceptors (Lipinski definition) is 0. The second kappa shape index (κ2) is 6.88. The maximum absolute atomic E-state index is 14.5. The molecule has 0 fully saturated rings. The van der Waals surface area contributed by atoms with Gasteiger partial charge in [-0.25, -0.2) is 52.7 Å². The largest absolute Gasteiger partial charge is 0.208 e. The third kappa shape index (κ3) is 2.82. The van der Waals surface area contributed by atoms with Gasteiger partial charge in [-0.3, -0.25) is 0 Å². The van der Waals surface area contributed by atoms with Crippen molar-refractivity contribution in [3.8, 4) is 0 Å². The maximum atomic E-state index is 14.5. The Balaban J connectivity index is 2.40. The molecule has 0 atom stereocenters. The van der Waals surface area contributed by atoms with E-state index in [1.807, 2.05) is 0 Å². The quantitative estimate of drug-likeness (QED) is 0.250. The van der Waals surface area contributed by atoms with Crippen LogP contribution < -0.4 is 10.9 Å². The average Bonchev–Trinajstić information content (AvgIpc) is 2.69. The van der Waals surface area contributed by atoms with E-state index >= 15 is 0 Å². The Morgan fingerprint density at radius 2 is 0.517 bits per heavy atom. The van der Waals surface area contributed by atoms with Crippen molar-refractivity contribution < 1.29 is 52.7 Å². The highest BCUT2D eigenvalue weighted by molar-refractivity contribution is 6.68. The summed E-state index contributed by atoms with van der Waals surface area (Å²) in [6.45, 7) is 0. The van der Waals surface area contributed by atoms with E-state index in [9.17, 15) is 52.7 Å². The van der Waals surface area contributed by atoms with Crippen LogP contribution in [0.5, 0.6) is 0 Å². The van der Waals surface area contributed by atoms with Crippen LogP contribution in [0.4, 0.5) is 52.7 Å². The lowest BCUT2D eigenvalue weighted by Gasteiger charge is -2.13. The van der Waals surface area contributed by atoms with Gasteiger partial charge in [-0.15, -0.1) is 0 Å². The zero-order valence-electron chi connectivity index (χ0n) is 13.2. The monoisotopic (exact) mass is 432 g/mol. The molecule has 0 aliphatic heterocycles. The van der Waals surface area contributed by atoms with Gasteiger partial charge in [0.15, 0.2) is 64.0 Å². The second-order valence-electron chi connectivity index (χ2n) is 5.65. The molecule has 3 aromatic rings. The molecule has 0 spiro atoms. The molecule has 0 saturated carbocycles. The molecule has 29 heavy (non-hydrogen) atoms.